The normalized spacial score (nSPS) is 11.6. The lowest BCUT2D eigenvalue weighted by Crippen LogP contribution is -2.01. The third-order valence-electron chi connectivity index (χ3n) is 1.43. The Balaban J connectivity index is 3.08. The second-order valence-electron chi connectivity index (χ2n) is 2.81. The monoisotopic (exact) mass is 326 g/mol. The standard InChI is InChI=1S/C8H8Br2O2S/c1-13(11,12)5-6-4-7(9)2-3-8(6)10/h2-4H,5H2,1H3. The quantitative estimate of drug-likeness (QED) is 0.837. The van der Waals surface area contributed by atoms with Crippen molar-refractivity contribution in [2.24, 2.45) is 0 Å². The van der Waals surface area contributed by atoms with E-state index in [2.05, 4.69) is 31.9 Å². The summed E-state index contributed by atoms with van der Waals surface area (Å²) in [6, 6.07) is 5.48. The first kappa shape index (κ1) is 11.2. The van der Waals surface area contributed by atoms with E-state index in [0.717, 1.165) is 14.5 Å². The van der Waals surface area contributed by atoms with Crippen molar-refractivity contribution in [1.29, 1.82) is 0 Å². The summed E-state index contributed by atoms with van der Waals surface area (Å²) in [6.07, 6.45) is 1.22. The van der Waals surface area contributed by atoms with Crippen LogP contribution < -0.4 is 0 Å². The maximum absolute atomic E-state index is 11.0. The van der Waals surface area contributed by atoms with Crippen molar-refractivity contribution < 1.29 is 8.42 Å². The van der Waals surface area contributed by atoms with Gasteiger partial charge in [0.1, 0.15) is 0 Å². The molecule has 0 amide bonds. The fourth-order valence-electron chi connectivity index (χ4n) is 0.936. The van der Waals surface area contributed by atoms with Crippen LogP contribution in [0.1, 0.15) is 5.56 Å². The van der Waals surface area contributed by atoms with Crippen LogP contribution in [0.3, 0.4) is 0 Å². The first-order valence-corrected chi connectivity index (χ1v) is 7.15. The van der Waals surface area contributed by atoms with Crippen LogP contribution in [0.25, 0.3) is 0 Å². The van der Waals surface area contributed by atoms with Crippen molar-refractivity contribution in [2.45, 2.75) is 5.75 Å². The number of halogens is 2. The van der Waals surface area contributed by atoms with E-state index in [1.165, 1.54) is 6.26 Å². The maximum atomic E-state index is 11.0. The summed E-state index contributed by atoms with van der Waals surface area (Å²) in [5.41, 5.74) is 0.775. The molecule has 0 unspecified atom stereocenters. The molecule has 0 bridgehead atoms. The Bertz CT molecular complexity index is 412. The number of hydrogen-bond donors (Lipinski definition) is 0. The van der Waals surface area contributed by atoms with Gasteiger partial charge in [0.2, 0.25) is 0 Å². The molecule has 0 spiro atoms. The first-order valence-electron chi connectivity index (χ1n) is 3.50. The molecular weight excluding hydrogens is 320 g/mol. The third kappa shape index (κ3) is 3.79. The van der Waals surface area contributed by atoms with Crippen molar-refractivity contribution in [3.63, 3.8) is 0 Å². The van der Waals surface area contributed by atoms with Crippen LogP contribution in [-0.2, 0) is 15.6 Å². The van der Waals surface area contributed by atoms with Crippen LogP contribution in [0.4, 0.5) is 0 Å². The van der Waals surface area contributed by atoms with Crippen molar-refractivity contribution in [2.75, 3.05) is 6.26 Å². The zero-order valence-corrected chi connectivity index (χ0v) is 10.9. The zero-order chi connectivity index (χ0) is 10.1. The second kappa shape index (κ2) is 4.11. The molecule has 0 heterocycles. The predicted octanol–water partition coefficient (Wildman–Crippen LogP) is 2.76. The lowest BCUT2D eigenvalue weighted by Gasteiger charge is -2.03. The van der Waals surface area contributed by atoms with Gasteiger partial charge in [-0.1, -0.05) is 31.9 Å². The van der Waals surface area contributed by atoms with Gasteiger partial charge in [-0.15, -0.1) is 0 Å². The average molecular weight is 328 g/mol. The van der Waals surface area contributed by atoms with Crippen LogP contribution in [0.5, 0.6) is 0 Å². The smallest absolute Gasteiger partial charge is 0.151 e. The molecule has 0 aliphatic rings. The van der Waals surface area contributed by atoms with Gasteiger partial charge in [0.05, 0.1) is 5.75 Å². The lowest BCUT2D eigenvalue weighted by atomic mass is 10.2. The van der Waals surface area contributed by atoms with E-state index in [1.54, 1.807) is 6.07 Å². The van der Waals surface area contributed by atoms with E-state index >= 15 is 0 Å². The molecule has 2 nitrogen and oxygen atoms in total. The van der Waals surface area contributed by atoms with Gasteiger partial charge in [-0.25, -0.2) is 8.42 Å². The van der Waals surface area contributed by atoms with Crippen LogP contribution in [0.2, 0.25) is 0 Å². The number of sulfone groups is 1. The Morgan fingerprint density at radius 1 is 1.31 bits per heavy atom. The molecule has 72 valence electrons. The molecule has 0 fully saturated rings. The molecule has 0 aromatic heterocycles. The molecular formula is C8H8Br2O2S. The Labute approximate surface area is 94.5 Å². The summed E-state index contributed by atoms with van der Waals surface area (Å²) < 4.78 is 23.8. The van der Waals surface area contributed by atoms with Gasteiger partial charge in [-0.05, 0) is 23.8 Å². The topological polar surface area (TPSA) is 34.1 Å². The number of rotatable bonds is 2. The molecule has 0 radical (unpaired) electrons. The van der Waals surface area contributed by atoms with E-state index in [-0.39, 0.29) is 5.75 Å². The van der Waals surface area contributed by atoms with Gasteiger partial charge in [0, 0.05) is 15.2 Å². The van der Waals surface area contributed by atoms with Crippen molar-refractivity contribution in [3.05, 3.63) is 32.7 Å². The third-order valence-corrected chi connectivity index (χ3v) is 3.53. The molecule has 5 heteroatoms. The highest BCUT2D eigenvalue weighted by atomic mass is 79.9. The van der Waals surface area contributed by atoms with Crippen LogP contribution in [-0.4, -0.2) is 14.7 Å². The number of hydrogen-bond acceptors (Lipinski definition) is 2. The molecule has 1 rings (SSSR count). The van der Waals surface area contributed by atoms with Crippen molar-refractivity contribution >= 4 is 41.7 Å². The van der Waals surface area contributed by atoms with Crippen LogP contribution in [0, 0.1) is 0 Å². The van der Waals surface area contributed by atoms with Gasteiger partial charge >= 0.3 is 0 Å². The highest BCUT2D eigenvalue weighted by Crippen LogP contribution is 2.22. The Kier molecular flexibility index (Phi) is 3.54. The summed E-state index contributed by atoms with van der Waals surface area (Å²) >= 11 is 6.59. The molecule has 1 aromatic rings. The molecule has 13 heavy (non-hydrogen) atoms. The second-order valence-corrected chi connectivity index (χ2v) is 6.72. The molecule has 0 atom stereocenters. The minimum absolute atomic E-state index is 0.0625. The van der Waals surface area contributed by atoms with E-state index in [9.17, 15) is 8.42 Å². The summed E-state index contributed by atoms with van der Waals surface area (Å²) in [5, 5.41) is 0. The van der Waals surface area contributed by atoms with E-state index in [0.29, 0.717) is 0 Å². The van der Waals surface area contributed by atoms with Crippen LogP contribution in [0.15, 0.2) is 27.1 Å². The Hall–Kier alpha value is 0.130. The summed E-state index contributed by atoms with van der Waals surface area (Å²) in [7, 11) is -2.97. The minimum atomic E-state index is -2.97. The van der Waals surface area contributed by atoms with Crippen molar-refractivity contribution in [3.8, 4) is 0 Å². The molecule has 0 saturated carbocycles. The van der Waals surface area contributed by atoms with E-state index < -0.39 is 9.84 Å². The molecule has 0 N–H and O–H groups in total. The predicted molar refractivity (Wildman–Crippen MR) is 60.4 cm³/mol. The van der Waals surface area contributed by atoms with E-state index in [4.69, 9.17) is 0 Å². The SMILES string of the molecule is CS(=O)(=O)Cc1cc(Br)ccc1Br. The minimum Gasteiger partial charge on any atom is -0.229 e. The zero-order valence-electron chi connectivity index (χ0n) is 6.92. The number of benzene rings is 1. The van der Waals surface area contributed by atoms with E-state index in [1.807, 2.05) is 12.1 Å². The van der Waals surface area contributed by atoms with Crippen molar-refractivity contribution in [1.82, 2.24) is 0 Å². The van der Waals surface area contributed by atoms with Crippen LogP contribution >= 0.6 is 31.9 Å². The Morgan fingerprint density at radius 3 is 2.46 bits per heavy atom. The molecule has 0 aliphatic heterocycles. The first-order chi connectivity index (χ1) is 5.88. The van der Waals surface area contributed by atoms with Gasteiger partial charge in [0.15, 0.2) is 9.84 Å². The maximum Gasteiger partial charge on any atom is 0.151 e. The highest BCUT2D eigenvalue weighted by Gasteiger charge is 2.07. The summed E-state index contributed by atoms with van der Waals surface area (Å²) in [5.74, 6) is 0.0625. The Morgan fingerprint density at radius 2 is 1.92 bits per heavy atom. The van der Waals surface area contributed by atoms with Gasteiger partial charge < -0.3 is 0 Å². The summed E-state index contributed by atoms with van der Waals surface area (Å²) in [4.78, 5) is 0. The lowest BCUT2D eigenvalue weighted by molar-refractivity contribution is 0.601. The molecule has 0 saturated heterocycles. The van der Waals surface area contributed by atoms with Gasteiger partial charge in [-0.3, -0.25) is 0 Å². The highest BCUT2D eigenvalue weighted by molar-refractivity contribution is 9.11. The molecule has 1 aromatic carbocycles. The van der Waals surface area contributed by atoms with Gasteiger partial charge in [-0.2, -0.15) is 0 Å². The van der Waals surface area contributed by atoms with Gasteiger partial charge in [0.25, 0.3) is 0 Å². The summed E-state index contributed by atoms with van der Waals surface area (Å²) in [6.45, 7) is 0. The largest absolute Gasteiger partial charge is 0.229 e. The average Bonchev–Trinajstić information content (AvgIpc) is 1.94. The molecule has 0 aliphatic carbocycles. The fourth-order valence-corrected chi connectivity index (χ4v) is 2.72. The fraction of sp³-hybridized carbons (Fsp3) is 0.250.